The molecule has 0 aromatic heterocycles. The normalized spacial score (nSPS) is 10.1. The summed E-state index contributed by atoms with van der Waals surface area (Å²) in [4.78, 5) is 11.7. The van der Waals surface area contributed by atoms with Gasteiger partial charge in [-0.1, -0.05) is 15.9 Å². The number of methoxy groups -OCH3 is 1. The number of hydrogen-bond donors (Lipinski definition) is 1. The number of carbonyl (C=O) groups excluding carboxylic acids is 1. The number of carbonyl (C=O) groups is 1. The fraction of sp³-hybridized carbons (Fsp3) is 0.417. The van der Waals surface area contributed by atoms with E-state index in [2.05, 4.69) is 37.2 Å². The van der Waals surface area contributed by atoms with Gasteiger partial charge in [0.15, 0.2) is 0 Å². The van der Waals surface area contributed by atoms with Crippen LogP contribution in [0.2, 0.25) is 0 Å². The molecule has 0 atom stereocenters. The van der Waals surface area contributed by atoms with Gasteiger partial charge in [-0.2, -0.15) is 0 Å². The molecule has 0 heterocycles. The van der Waals surface area contributed by atoms with Crippen LogP contribution in [0.1, 0.15) is 19.3 Å². The molecular formula is C12H15Br2NO2. The SMILES string of the molecule is COc1ccc(Br)c(NC(=O)CCCCBr)c1. The van der Waals surface area contributed by atoms with Crippen LogP contribution >= 0.6 is 31.9 Å². The van der Waals surface area contributed by atoms with E-state index in [9.17, 15) is 4.79 Å². The number of benzene rings is 1. The molecule has 1 aromatic carbocycles. The molecule has 0 spiro atoms. The van der Waals surface area contributed by atoms with Gasteiger partial charge in [0.25, 0.3) is 0 Å². The van der Waals surface area contributed by atoms with Gasteiger partial charge in [-0.15, -0.1) is 0 Å². The molecule has 1 rings (SSSR count). The Morgan fingerprint density at radius 3 is 2.82 bits per heavy atom. The van der Waals surface area contributed by atoms with Gasteiger partial charge in [-0.25, -0.2) is 0 Å². The van der Waals surface area contributed by atoms with Crippen molar-refractivity contribution in [1.29, 1.82) is 0 Å². The summed E-state index contributed by atoms with van der Waals surface area (Å²) in [5.74, 6) is 0.754. The average Bonchev–Trinajstić information content (AvgIpc) is 2.32. The number of amides is 1. The van der Waals surface area contributed by atoms with Crippen LogP contribution in [-0.2, 0) is 4.79 Å². The Hall–Kier alpha value is -0.550. The highest BCUT2D eigenvalue weighted by molar-refractivity contribution is 9.10. The topological polar surface area (TPSA) is 38.3 Å². The molecule has 94 valence electrons. The molecule has 0 bridgehead atoms. The summed E-state index contributed by atoms with van der Waals surface area (Å²) in [6.07, 6.45) is 2.43. The molecule has 0 saturated heterocycles. The second kappa shape index (κ2) is 7.71. The molecular weight excluding hydrogens is 350 g/mol. The lowest BCUT2D eigenvalue weighted by Gasteiger charge is -2.09. The van der Waals surface area contributed by atoms with Gasteiger partial charge in [0.05, 0.1) is 12.8 Å². The number of hydrogen-bond acceptors (Lipinski definition) is 2. The smallest absolute Gasteiger partial charge is 0.224 e. The summed E-state index contributed by atoms with van der Waals surface area (Å²) in [6, 6.07) is 5.49. The molecule has 3 nitrogen and oxygen atoms in total. The van der Waals surface area contributed by atoms with Crippen molar-refractivity contribution in [2.75, 3.05) is 17.8 Å². The van der Waals surface area contributed by atoms with Crippen LogP contribution in [0.15, 0.2) is 22.7 Å². The lowest BCUT2D eigenvalue weighted by molar-refractivity contribution is -0.116. The second-order valence-electron chi connectivity index (χ2n) is 3.54. The van der Waals surface area contributed by atoms with Crippen molar-refractivity contribution in [3.63, 3.8) is 0 Å². The first-order chi connectivity index (χ1) is 8.17. The van der Waals surface area contributed by atoms with Crippen molar-refractivity contribution >= 4 is 43.5 Å². The first-order valence-corrected chi connectivity index (χ1v) is 7.28. The third kappa shape index (κ3) is 5.08. The van der Waals surface area contributed by atoms with Crippen molar-refractivity contribution in [1.82, 2.24) is 0 Å². The Labute approximate surface area is 118 Å². The predicted octanol–water partition coefficient (Wildman–Crippen LogP) is 3.96. The van der Waals surface area contributed by atoms with E-state index in [0.29, 0.717) is 6.42 Å². The Bertz CT molecular complexity index is 383. The number of ether oxygens (including phenoxy) is 1. The number of nitrogens with one attached hydrogen (secondary N) is 1. The van der Waals surface area contributed by atoms with Crippen LogP contribution in [0.5, 0.6) is 5.75 Å². The molecule has 1 aromatic rings. The van der Waals surface area contributed by atoms with E-state index in [1.165, 1.54) is 0 Å². The molecule has 1 N–H and O–H groups in total. The highest BCUT2D eigenvalue weighted by Crippen LogP contribution is 2.27. The summed E-state index contributed by atoms with van der Waals surface area (Å²) in [5.41, 5.74) is 0.744. The minimum atomic E-state index is 0.0277. The van der Waals surface area contributed by atoms with E-state index in [4.69, 9.17) is 4.74 Å². The molecule has 0 aliphatic heterocycles. The molecule has 0 radical (unpaired) electrons. The van der Waals surface area contributed by atoms with E-state index >= 15 is 0 Å². The van der Waals surface area contributed by atoms with Crippen LogP contribution in [0.4, 0.5) is 5.69 Å². The lowest BCUT2D eigenvalue weighted by atomic mass is 10.2. The van der Waals surface area contributed by atoms with Gasteiger partial charge in [-0.3, -0.25) is 4.79 Å². The zero-order valence-corrected chi connectivity index (χ0v) is 12.8. The second-order valence-corrected chi connectivity index (χ2v) is 5.19. The van der Waals surface area contributed by atoms with E-state index in [-0.39, 0.29) is 5.91 Å². The number of unbranched alkanes of at least 4 members (excludes halogenated alkanes) is 1. The molecule has 0 saturated carbocycles. The summed E-state index contributed by atoms with van der Waals surface area (Å²) in [6.45, 7) is 0. The fourth-order valence-electron chi connectivity index (χ4n) is 1.32. The predicted molar refractivity (Wildman–Crippen MR) is 77.0 cm³/mol. The van der Waals surface area contributed by atoms with E-state index in [1.807, 2.05) is 12.1 Å². The molecule has 0 unspecified atom stereocenters. The average molecular weight is 365 g/mol. The van der Waals surface area contributed by atoms with Crippen molar-refractivity contribution in [2.24, 2.45) is 0 Å². The minimum Gasteiger partial charge on any atom is -0.497 e. The first kappa shape index (κ1) is 14.5. The summed E-state index contributed by atoms with van der Waals surface area (Å²) in [5, 5.41) is 3.80. The molecule has 17 heavy (non-hydrogen) atoms. The highest BCUT2D eigenvalue weighted by atomic mass is 79.9. The molecule has 5 heteroatoms. The van der Waals surface area contributed by atoms with Crippen LogP contribution < -0.4 is 10.1 Å². The molecule has 1 amide bonds. The summed E-state index contributed by atoms with van der Waals surface area (Å²) >= 11 is 6.73. The monoisotopic (exact) mass is 363 g/mol. The van der Waals surface area contributed by atoms with Gasteiger partial charge in [0, 0.05) is 22.3 Å². The van der Waals surface area contributed by atoms with Crippen LogP contribution in [0.25, 0.3) is 0 Å². The zero-order valence-electron chi connectivity index (χ0n) is 9.63. The summed E-state index contributed by atoms with van der Waals surface area (Å²) in [7, 11) is 1.60. The summed E-state index contributed by atoms with van der Waals surface area (Å²) < 4.78 is 5.97. The lowest BCUT2D eigenvalue weighted by Crippen LogP contribution is -2.11. The van der Waals surface area contributed by atoms with E-state index < -0.39 is 0 Å². The Morgan fingerprint density at radius 2 is 2.18 bits per heavy atom. The number of alkyl halides is 1. The number of anilines is 1. The number of rotatable bonds is 6. The van der Waals surface area contributed by atoms with Gasteiger partial charge in [0.1, 0.15) is 5.75 Å². The van der Waals surface area contributed by atoms with Crippen molar-refractivity contribution in [3.8, 4) is 5.75 Å². The number of halogens is 2. The van der Waals surface area contributed by atoms with E-state index in [0.717, 1.165) is 34.1 Å². The van der Waals surface area contributed by atoms with Crippen molar-refractivity contribution in [2.45, 2.75) is 19.3 Å². The standard InChI is InChI=1S/C12H15Br2NO2/c1-17-9-5-6-10(14)11(8-9)15-12(16)4-2-3-7-13/h5-6,8H,2-4,7H2,1H3,(H,15,16). The maximum Gasteiger partial charge on any atom is 0.224 e. The Balaban J connectivity index is 2.57. The van der Waals surface area contributed by atoms with Gasteiger partial charge in [-0.05, 0) is 40.9 Å². The maximum atomic E-state index is 11.7. The fourth-order valence-corrected chi connectivity index (χ4v) is 2.06. The molecule has 0 aliphatic rings. The van der Waals surface area contributed by atoms with Gasteiger partial charge < -0.3 is 10.1 Å². The van der Waals surface area contributed by atoms with Crippen LogP contribution in [0, 0.1) is 0 Å². The highest BCUT2D eigenvalue weighted by Gasteiger charge is 2.06. The maximum absolute atomic E-state index is 11.7. The quantitative estimate of drug-likeness (QED) is 0.612. The Kier molecular flexibility index (Phi) is 6.58. The minimum absolute atomic E-state index is 0.0277. The van der Waals surface area contributed by atoms with E-state index in [1.54, 1.807) is 13.2 Å². The van der Waals surface area contributed by atoms with Gasteiger partial charge in [0.2, 0.25) is 5.91 Å². The molecule has 0 fully saturated rings. The zero-order chi connectivity index (χ0) is 12.7. The molecule has 0 aliphatic carbocycles. The van der Waals surface area contributed by atoms with Gasteiger partial charge >= 0.3 is 0 Å². The van der Waals surface area contributed by atoms with Crippen molar-refractivity contribution in [3.05, 3.63) is 22.7 Å². The third-order valence-electron chi connectivity index (χ3n) is 2.24. The third-order valence-corrected chi connectivity index (χ3v) is 3.49. The Morgan fingerprint density at radius 1 is 1.41 bits per heavy atom. The first-order valence-electron chi connectivity index (χ1n) is 5.36. The van der Waals surface area contributed by atoms with Crippen LogP contribution in [-0.4, -0.2) is 18.3 Å². The largest absolute Gasteiger partial charge is 0.497 e. The van der Waals surface area contributed by atoms with Crippen molar-refractivity contribution < 1.29 is 9.53 Å². The van der Waals surface area contributed by atoms with Crippen LogP contribution in [0.3, 0.4) is 0 Å².